The van der Waals surface area contributed by atoms with E-state index in [4.69, 9.17) is 5.84 Å². The van der Waals surface area contributed by atoms with E-state index in [-0.39, 0.29) is 17.2 Å². The average molecular weight is 260 g/mol. The van der Waals surface area contributed by atoms with Gasteiger partial charge in [-0.25, -0.2) is 5.84 Å². The lowest BCUT2D eigenvalue weighted by Gasteiger charge is -2.14. The molecule has 0 saturated heterocycles. The van der Waals surface area contributed by atoms with Gasteiger partial charge in [0.25, 0.3) is 0 Å². The van der Waals surface area contributed by atoms with Crippen LogP contribution in [0.15, 0.2) is 23.2 Å². The molecule has 0 heterocycles. The summed E-state index contributed by atoms with van der Waals surface area (Å²) < 4.78 is 38.1. The Balaban J connectivity index is 3.02. The van der Waals surface area contributed by atoms with Gasteiger partial charge in [0.05, 0.1) is 5.56 Å². The molecule has 0 unspecified atom stereocenters. The number of halogens is 3. The second-order valence-electron chi connectivity index (χ2n) is 3.62. The van der Waals surface area contributed by atoms with Crippen molar-refractivity contribution in [3.63, 3.8) is 0 Å². The predicted molar refractivity (Wildman–Crippen MR) is 65.1 cm³/mol. The van der Waals surface area contributed by atoms with Crippen LogP contribution in [0.5, 0.6) is 0 Å². The third-order valence-corrected chi connectivity index (χ3v) is 2.26. The number of hydrogen-bond donors (Lipinski definition) is 3. The molecule has 0 atom stereocenters. The minimum Gasteiger partial charge on any atom is -0.325 e. The number of nitrogens with zero attached hydrogens (tertiary/aromatic N) is 1. The van der Waals surface area contributed by atoms with Crippen molar-refractivity contribution in [3.05, 3.63) is 29.3 Å². The molecule has 0 bridgehead atoms. The highest BCUT2D eigenvalue weighted by Gasteiger charge is 2.32. The van der Waals surface area contributed by atoms with Gasteiger partial charge in [0.2, 0.25) is 5.96 Å². The van der Waals surface area contributed by atoms with Crippen LogP contribution in [-0.4, -0.2) is 12.5 Å². The number of nitrogens with two attached hydrogens (primary N) is 1. The number of anilines is 1. The van der Waals surface area contributed by atoms with Crippen LogP contribution in [-0.2, 0) is 6.18 Å². The second kappa shape index (κ2) is 5.72. The fourth-order valence-electron chi connectivity index (χ4n) is 1.42. The molecule has 0 fully saturated rings. The van der Waals surface area contributed by atoms with Gasteiger partial charge in [-0.1, -0.05) is 6.07 Å². The molecule has 0 aromatic heterocycles. The third-order valence-electron chi connectivity index (χ3n) is 2.26. The van der Waals surface area contributed by atoms with Gasteiger partial charge in [-0.05, 0) is 31.5 Å². The molecule has 4 N–H and O–H groups in total. The first kappa shape index (κ1) is 14.3. The highest BCUT2D eigenvalue weighted by molar-refractivity contribution is 5.93. The lowest BCUT2D eigenvalue weighted by atomic mass is 10.1. The number of benzene rings is 1. The maximum absolute atomic E-state index is 12.7. The monoisotopic (exact) mass is 260 g/mol. The molecule has 0 aliphatic rings. The van der Waals surface area contributed by atoms with E-state index in [1.54, 1.807) is 6.92 Å². The van der Waals surface area contributed by atoms with E-state index in [0.717, 1.165) is 6.07 Å². The molecule has 0 radical (unpaired) electrons. The first-order valence-electron chi connectivity index (χ1n) is 5.34. The van der Waals surface area contributed by atoms with Crippen molar-refractivity contribution in [2.24, 2.45) is 10.8 Å². The lowest BCUT2D eigenvalue weighted by molar-refractivity contribution is -0.138. The van der Waals surface area contributed by atoms with Crippen LogP contribution in [0.2, 0.25) is 0 Å². The standard InChI is InChI=1S/C11H15F3N4/c1-3-16-10(18-15)17-8-5-4-7(2)9(6-8)11(12,13)14/h4-6H,3,15H2,1-2H3,(H2,16,17,18). The van der Waals surface area contributed by atoms with E-state index in [1.165, 1.54) is 19.1 Å². The number of guanidine groups is 1. The lowest BCUT2D eigenvalue weighted by Crippen LogP contribution is -2.36. The zero-order valence-electron chi connectivity index (χ0n) is 10.1. The van der Waals surface area contributed by atoms with E-state index in [9.17, 15) is 13.2 Å². The van der Waals surface area contributed by atoms with Crippen molar-refractivity contribution in [3.8, 4) is 0 Å². The molecular weight excluding hydrogens is 245 g/mol. The molecule has 100 valence electrons. The summed E-state index contributed by atoms with van der Waals surface area (Å²) in [5.41, 5.74) is 2.05. The molecule has 0 saturated carbocycles. The zero-order chi connectivity index (χ0) is 13.8. The van der Waals surface area contributed by atoms with Gasteiger partial charge in [0, 0.05) is 12.2 Å². The number of hydrazine groups is 1. The molecular formula is C11H15F3N4. The highest BCUT2D eigenvalue weighted by atomic mass is 19.4. The Labute approximate surface area is 103 Å². The van der Waals surface area contributed by atoms with Crippen LogP contribution < -0.4 is 16.6 Å². The van der Waals surface area contributed by atoms with Crippen molar-refractivity contribution in [1.82, 2.24) is 5.43 Å². The SMILES string of the molecule is CCN=C(NN)Nc1ccc(C)c(C(F)(F)F)c1. The van der Waals surface area contributed by atoms with E-state index in [1.807, 2.05) is 0 Å². The van der Waals surface area contributed by atoms with Gasteiger partial charge in [-0.2, -0.15) is 13.2 Å². The first-order valence-corrected chi connectivity index (χ1v) is 5.34. The van der Waals surface area contributed by atoms with Crippen LogP contribution in [0.1, 0.15) is 18.1 Å². The summed E-state index contributed by atoms with van der Waals surface area (Å²) in [5, 5.41) is 2.68. The van der Waals surface area contributed by atoms with Crippen LogP contribution in [0, 0.1) is 6.92 Å². The number of aryl methyl sites for hydroxylation is 1. The summed E-state index contributed by atoms with van der Waals surface area (Å²) in [4.78, 5) is 3.94. The van der Waals surface area contributed by atoms with Crippen LogP contribution >= 0.6 is 0 Å². The summed E-state index contributed by atoms with van der Waals surface area (Å²) >= 11 is 0. The summed E-state index contributed by atoms with van der Waals surface area (Å²) in [7, 11) is 0. The number of rotatable bonds is 2. The quantitative estimate of drug-likeness (QED) is 0.331. The van der Waals surface area contributed by atoms with Crippen molar-refractivity contribution in [1.29, 1.82) is 0 Å². The highest BCUT2D eigenvalue weighted by Crippen LogP contribution is 2.33. The summed E-state index contributed by atoms with van der Waals surface area (Å²) in [6.45, 7) is 3.66. The Kier molecular flexibility index (Phi) is 4.55. The third kappa shape index (κ3) is 3.63. The molecule has 0 amide bonds. The topological polar surface area (TPSA) is 62.4 Å². The summed E-state index contributed by atoms with van der Waals surface area (Å²) in [6, 6.07) is 3.95. The van der Waals surface area contributed by atoms with Crippen LogP contribution in [0.3, 0.4) is 0 Å². The van der Waals surface area contributed by atoms with E-state index in [0.29, 0.717) is 6.54 Å². The Morgan fingerprint density at radius 1 is 1.39 bits per heavy atom. The first-order chi connectivity index (χ1) is 8.38. The fraction of sp³-hybridized carbons (Fsp3) is 0.364. The molecule has 4 nitrogen and oxygen atoms in total. The number of aliphatic imine (C=N–C) groups is 1. The van der Waals surface area contributed by atoms with Crippen LogP contribution in [0.25, 0.3) is 0 Å². The zero-order valence-corrected chi connectivity index (χ0v) is 10.1. The molecule has 0 aliphatic carbocycles. The summed E-state index contributed by atoms with van der Waals surface area (Å²) in [6.07, 6.45) is -4.38. The Hall–Kier alpha value is -1.76. The van der Waals surface area contributed by atoms with Gasteiger partial charge in [-0.15, -0.1) is 0 Å². The van der Waals surface area contributed by atoms with Gasteiger partial charge in [0.15, 0.2) is 0 Å². The number of hydrogen-bond acceptors (Lipinski definition) is 2. The van der Waals surface area contributed by atoms with Crippen molar-refractivity contribution in [2.45, 2.75) is 20.0 Å². The minimum absolute atomic E-state index is 0.169. The van der Waals surface area contributed by atoms with Gasteiger partial charge in [0.1, 0.15) is 0 Å². The number of alkyl halides is 3. The van der Waals surface area contributed by atoms with E-state index < -0.39 is 11.7 Å². The molecule has 0 aliphatic heterocycles. The second-order valence-corrected chi connectivity index (χ2v) is 3.62. The molecule has 18 heavy (non-hydrogen) atoms. The van der Waals surface area contributed by atoms with E-state index >= 15 is 0 Å². The van der Waals surface area contributed by atoms with Gasteiger partial charge >= 0.3 is 6.18 Å². The largest absolute Gasteiger partial charge is 0.416 e. The summed E-state index contributed by atoms with van der Waals surface area (Å²) in [5.74, 6) is 5.41. The molecule has 1 aromatic carbocycles. The maximum atomic E-state index is 12.7. The molecule has 7 heteroatoms. The van der Waals surface area contributed by atoms with Crippen molar-refractivity contribution < 1.29 is 13.2 Å². The predicted octanol–water partition coefficient (Wildman–Crippen LogP) is 2.26. The van der Waals surface area contributed by atoms with Gasteiger partial charge < -0.3 is 5.32 Å². The smallest absolute Gasteiger partial charge is 0.325 e. The molecule has 1 aromatic rings. The van der Waals surface area contributed by atoms with Crippen molar-refractivity contribution >= 4 is 11.6 Å². The van der Waals surface area contributed by atoms with Gasteiger partial charge in [-0.3, -0.25) is 10.4 Å². The van der Waals surface area contributed by atoms with Crippen molar-refractivity contribution in [2.75, 3.05) is 11.9 Å². The maximum Gasteiger partial charge on any atom is 0.416 e. The Bertz CT molecular complexity index is 440. The normalized spacial score (nSPS) is 12.4. The number of nitrogens with one attached hydrogen (secondary N) is 2. The molecule has 1 rings (SSSR count). The molecule has 0 spiro atoms. The Morgan fingerprint density at radius 3 is 2.56 bits per heavy atom. The Morgan fingerprint density at radius 2 is 2.06 bits per heavy atom. The average Bonchev–Trinajstić information content (AvgIpc) is 2.29. The fourth-order valence-corrected chi connectivity index (χ4v) is 1.42. The minimum atomic E-state index is -4.38. The van der Waals surface area contributed by atoms with Crippen LogP contribution in [0.4, 0.5) is 18.9 Å². The van der Waals surface area contributed by atoms with E-state index in [2.05, 4.69) is 15.7 Å².